The van der Waals surface area contributed by atoms with Gasteiger partial charge in [0.05, 0.1) is 0 Å². The van der Waals surface area contributed by atoms with E-state index in [-0.39, 0.29) is 24.8 Å². The average molecular weight is 307 g/mol. The van der Waals surface area contributed by atoms with Gasteiger partial charge in [0.1, 0.15) is 12.4 Å². The van der Waals surface area contributed by atoms with Gasteiger partial charge >= 0.3 is 0 Å². The summed E-state index contributed by atoms with van der Waals surface area (Å²) in [6.07, 6.45) is 0. The molecule has 0 aliphatic carbocycles. The lowest BCUT2D eigenvalue weighted by Crippen LogP contribution is -2.44. The molecule has 2 rings (SSSR count). The molecule has 0 radical (unpaired) electrons. The maximum absolute atomic E-state index is 5.83. The van der Waals surface area contributed by atoms with Crippen molar-refractivity contribution < 1.29 is 4.74 Å². The average Bonchev–Trinajstić information content (AvgIpc) is 2.33. The van der Waals surface area contributed by atoms with Gasteiger partial charge < -0.3 is 10.1 Å². The lowest BCUT2D eigenvalue weighted by atomic mass is 10.1. The Balaban J connectivity index is 0.00000162. The molecule has 0 amide bonds. The van der Waals surface area contributed by atoms with Crippen LogP contribution in [0.1, 0.15) is 11.1 Å². The van der Waals surface area contributed by atoms with Crippen LogP contribution in [0.5, 0.6) is 5.75 Å². The van der Waals surface area contributed by atoms with Gasteiger partial charge in [-0.1, -0.05) is 17.7 Å². The zero-order chi connectivity index (χ0) is 12.1. The highest BCUT2D eigenvalue weighted by atomic mass is 35.5. The van der Waals surface area contributed by atoms with E-state index in [9.17, 15) is 0 Å². The van der Waals surface area contributed by atoms with Crippen LogP contribution in [0.15, 0.2) is 18.2 Å². The molecule has 1 N–H and O–H groups in total. The molecule has 19 heavy (non-hydrogen) atoms. The third kappa shape index (κ3) is 6.00. The number of aryl methyl sites for hydroxylation is 2. The Kier molecular flexibility index (Phi) is 9.19. The van der Waals surface area contributed by atoms with Crippen molar-refractivity contribution in [3.05, 3.63) is 29.3 Å². The number of piperazine rings is 1. The number of halogens is 2. The topological polar surface area (TPSA) is 24.5 Å². The van der Waals surface area contributed by atoms with Crippen molar-refractivity contribution in [2.45, 2.75) is 13.8 Å². The second-order valence-corrected chi connectivity index (χ2v) is 4.71. The van der Waals surface area contributed by atoms with Crippen molar-refractivity contribution in [3.63, 3.8) is 0 Å². The van der Waals surface area contributed by atoms with Crippen molar-refractivity contribution in [2.75, 3.05) is 39.3 Å². The molecular weight excluding hydrogens is 283 g/mol. The molecule has 1 aromatic rings. The van der Waals surface area contributed by atoms with E-state index >= 15 is 0 Å². The SMILES string of the molecule is Cc1ccc(OCCN2CCNCC2)c(C)c1.Cl.Cl. The van der Waals surface area contributed by atoms with E-state index in [2.05, 4.69) is 42.3 Å². The Morgan fingerprint density at radius 2 is 1.84 bits per heavy atom. The third-order valence-corrected chi connectivity index (χ3v) is 3.21. The minimum atomic E-state index is 0. The molecule has 1 aromatic carbocycles. The second kappa shape index (κ2) is 9.43. The molecule has 1 aliphatic heterocycles. The first-order chi connectivity index (χ1) is 8.25. The lowest BCUT2D eigenvalue weighted by molar-refractivity contribution is 0.191. The first kappa shape index (κ1) is 18.5. The van der Waals surface area contributed by atoms with Crippen LogP contribution < -0.4 is 10.1 Å². The Bertz CT molecular complexity index is 368. The molecule has 0 atom stereocenters. The summed E-state index contributed by atoms with van der Waals surface area (Å²) in [5.74, 6) is 1.02. The molecule has 3 nitrogen and oxygen atoms in total. The quantitative estimate of drug-likeness (QED) is 0.924. The summed E-state index contributed by atoms with van der Waals surface area (Å²) in [5, 5.41) is 3.36. The highest BCUT2D eigenvalue weighted by molar-refractivity contribution is 5.85. The number of hydrogen-bond acceptors (Lipinski definition) is 3. The Morgan fingerprint density at radius 3 is 2.47 bits per heavy atom. The standard InChI is InChI=1S/C14H22N2O.2ClH/c1-12-3-4-14(13(2)11-12)17-10-9-16-7-5-15-6-8-16;;/h3-4,11,15H,5-10H2,1-2H3;2*1H. The van der Waals surface area contributed by atoms with Gasteiger partial charge in [0.25, 0.3) is 0 Å². The fraction of sp³-hybridized carbons (Fsp3) is 0.571. The first-order valence-corrected chi connectivity index (χ1v) is 6.39. The van der Waals surface area contributed by atoms with Gasteiger partial charge in [0, 0.05) is 32.7 Å². The lowest BCUT2D eigenvalue weighted by Gasteiger charge is -2.27. The molecular formula is C14H24Cl2N2O. The van der Waals surface area contributed by atoms with Gasteiger partial charge in [-0.25, -0.2) is 0 Å². The molecule has 1 fully saturated rings. The van der Waals surface area contributed by atoms with Crippen LogP contribution in [0.25, 0.3) is 0 Å². The van der Waals surface area contributed by atoms with Crippen molar-refractivity contribution in [1.82, 2.24) is 10.2 Å². The van der Waals surface area contributed by atoms with E-state index in [0.29, 0.717) is 0 Å². The molecule has 0 spiro atoms. The largest absolute Gasteiger partial charge is 0.492 e. The van der Waals surface area contributed by atoms with Crippen LogP contribution in [0.3, 0.4) is 0 Å². The van der Waals surface area contributed by atoms with Crippen LogP contribution in [-0.4, -0.2) is 44.2 Å². The number of nitrogens with zero attached hydrogens (tertiary/aromatic N) is 1. The summed E-state index contributed by atoms with van der Waals surface area (Å²) in [7, 11) is 0. The van der Waals surface area contributed by atoms with E-state index in [1.807, 2.05) is 0 Å². The van der Waals surface area contributed by atoms with Crippen LogP contribution >= 0.6 is 24.8 Å². The summed E-state index contributed by atoms with van der Waals surface area (Å²) in [5.41, 5.74) is 2.52. The summed E-state index contributed by atoms with van der Waals surface area (Å²) < 4.78 is 5.83. The molecule has 0 saturated carbocycles. The predicted molar refractivity (Wildman–Crippen MR) is 85.2 cm³/mol. The first-order valence-electron chi connectivity index (χ1n) is 6.39. The summed E-state index contributed by atoms with van der Waals surface area (Å²) in [6.45, 7) is 10.5. The zero-order valence-corrected chi connectivity index (χ0v) is 13.3. The maximum Gasteiger partial charge on any atom is 0.122 e. The minimum Gasteiger partial charge on any atom is -0.492 e. The van der Waals surface area contributed by atoms with Crippen LogP contribution in [0.4, 0.5) is 0 Å². The second-order valence-electron chi connectivity index (χ2n) is 4.71. The normalized spacial score (nSPS) is 15.3. The molecule has 5 heteroatoms. The van der Waals surface area contributed by atoms with Crippen molar-refractivity contribution in [2.24, 2.45) is 0 Å². The summed E-state index contributed by atoms with van der Waals surface area (Å²) in [6, 6.07) is 6.34. The van der Waals surface area contributed by atoms with Gasteiger partial charge in [-0.2, -0.15) is 0 Å². The molecule has 110 valence electrons. The van der Waals surface area contributed by atoms with Gasteiger partial charge in [-0.15, -0.1) is 24.8 Å². The van der Waals surface area contributed by atoms with Crippen molar-refractivity contribution in [3.8, 4) is 5.75 Å². The van der Waals surface area contributed by atoms with E-state index < -0.39 is 0 Å². The third-order valence-electron chi connectivity index (χ3n) is 3.21. The number of hydrogen-bond donors (Lipinski definition) is 1. The van der Waals surface area contributed by atoms with Gasteiger partial charge in [-0.05, 0) is 25.5 Å². The van der Waals surface area contributed by atoms with E-state index in [1.165, 1.54) is 11.1 Å². The minimum absolute atomic E-state index is 0. The Hall–Kier alpha value is -0.480. The predicted octanol–water partition coefficient (Wildman–Crippen LogP) is 2.43. The van der Waals surface area contributed by atoms with E-state index in [0.717, 1.165) is 45.1 Å². The maximum atomic E-state index is 5.83. The van der Waals surface area contributed by atoms with E-state index in [4.69, 9.17) is 4.74 Å². The molecule has 1 aliphatic rings. The number of rotatable bonds is 4. The monoisotopic (exact) mass is 306 g/mol. The summed E-state index contributed by atoms with van der Waals surface area (Å²) >= 11 is 0. The number of ether oxygens (including phenoxy) is 1. The smallest absolute Gasteiger partial charge is 0.122 e. The fourth-order valence-electron chi connectivity index (χ4n) is 2.18. The zero-order valence-electron chi connectivity index (χ0n) is 11.6. The number of benzene rings is 1. The van der Waals surface area contributed by atoms with E-state index in [1.54, 1.807) is 0 Å². The molecule has 0 bridgehead atoms. The molecule has 0 aromatic heterocycles. The molecule has 1 heterocycles. The van der Waals surface area contributed by atoms with Crippen LogP contribution in [0.2, 0.25) is 0 Å². The Morgan fingerprint density at radius 1 is 1.16 bits per heavy atom. The number of nitrogens with one attached hydrogen (secondary N) is 1. The van der Waals surface area contributed by atoms with Gasteiger partial charge in [-0.3, -0.25) is 4.90 Å². The van der Waals surface area contributed by atoms with Crippen molar-refractivity contribution in [1.29, 1.82) is 0 Å². The summed E-state index contributed by atoms with van der Waals surface area (Å²) in [4.78, 5) is 2.44. The Labute approximate surface area is 128 Å². The highest BCUT2D eigenvalue weighted by Gasteiger charge is 2.09. The van der Waals surface area contributed by atoms with Crippen molar-refractivity contribution >= 4 is 24.8 Å². The fourth-order valence-corrected chi connectivity index (χ4v) is 2.18. The van der Waals surface area contributed by atoms with Crippen LogP contribution in [0, 0.1) is 13.8 Å². The highest BCUT2D eigenvalue weighted by Crippen LogP contribution is 2.18. The molecule has 1 saturated heterocycles. The molecule has 0 unspecified atom stereocenters. The van der Waals surface area contributed by atoms with Gasteiger partial charge in [0.2, 0.25) is 0 Å². The van der Waals surface area contributed by atoms with Crippen LogP contribution in [-0.2, 0) is 0 Å². The van der Waals surface area contributed by atoms with Gasteiger partial charge in [0.15, 0.2) is 0 Å².